The van der Waals surface area contributed by atoms with Crippen LogP contribution in [0.4, 0.5) is 0 Å². The van der Waals surface area contributed by atoms with E-state index in [1.807, 2.05) is 9.80 Å². The minimum absolute atomic E-state index is 0.0177. The number of likely N-dealkylation sites (tertiary alicyclic amines) is 1. The van der Waals surface area contributed by atoms with Crippen LogP contribution in [0.1, 0.15) is 48.9 Å². The molecular formula is C27H38N4O5. The van der Waals surface area contributed by atoms with E-state index >= 15 is 0 Å². The first-order chi connectivity index (χ1) is 17.5. The number of nitrogens with one attached hydrogen (secondary N) is 1. The first-order valence-electron chi connectivity index (χ1n) is 13.4. The number of methoxy groups -OCH3 is 1. The van der Waals surface area contributed by atoms with E-state index in [1.165, 1.54) is 0 Å². The number of nitrogens with zero attached hydrogens (tertiary/aromatic N) is 3. The molecule has 36 heavy (non-hydrogen) atoms. The van der Waals surface area contributed by atoms with Gasteiger partial charge in [0.2, 0.25) is 11.8 Å². The Hall–Kier alpha value is -2.65. The van der Waals surface area contributed by atoms with E-state index < -0.39 is 6.04 Å². The van der Waals surface area contributed by atoms with Crippen molar-refractivity contribution in [3.05, 3.63) is 29.8 Å². The maximum atomic E-state index is 13.8. The Bertz CT molecular complexity index is 936. The van der Waals surface area contributed by atoms with Crippen LogP contribution in [-0.2, 0) is 14.3 Å². The number of hydrogen-bond donors (Lipinski definition) is 1. The first-order valence-corrected chi connectivity index (χ1v) is 13.4. The SMILES string of the molecule is COc1ccc(C(=O)N(CC2CCCO2)C2CC(C(=O)N3CCCNCC3)N(C(=O)C3CC3)C2)cc1. The van der Waals surface area contributed by atoms with Crippen LogP contribution in [0, 0.1) is 5.92 Å². The molecule has 1 saturated carbocycles. The van der Waals surface area contributed by atoms with E-state index in [0.29, 0.717) is 50.5 Å². The number of carbonyl (C=O) groups excluding carboxylic acids is 3. The van der Waals surface area contributed by atoms with Gasteiger partial charge in [-0.05, 0) is 69.3 Å². The first kappa shape index (κ1) is 25.0. The second-order valence-corrected chi connectivity index (χ2v) is 10.4. The van der Waals surface area contributed by atoms with Crippen LogP contribution < -0.4 is 10.1 Å². The average molecular weight is 499 g/mol. The molecule has 5 rings (SSSR count). The Labute approximate surface area is 213 Å². The van der Waals surface area contributed by atoms with Crippen molar-refractivity contribution in [2.24, 2.45) is 5.92 Å². The fourth-order valence-corrected chi connectivity index (χ4v) is 5.66. The van der Waals surface area contributed by atoms with Gasteiger partial charge in [-0.15, -0.1) is 0 Å². The molecule has 0 radical (unpaired) electrons. The van der Waals surface area contributed by atoms with Gasteiger partial charge >= 0.3 is 0 Å². The summed E-state index contributed by atoms with van der Waals surface area (Å²) in [4.78, 5) is 46.3. The summed E-state index contributed by atoms with van der Waals surface area (Å²) in [6.45, 7) is 4.57. The number of benzene rings is 1. The molecule has 4 aliphatic rings. The summed E-state index contributed by atoms with van der Waals surface area (Å²) in [5, 5.41) is 3.34. The Morgan fingerprint density at radius 1 is 1.06 bits per heavy atom. The van der Waals surface area contributed by atoms with Crippen LogP contribution in [0.3, 0.4) is 0 Å². The molecule has 0 bridgehead atoms. The van der Waals surface area contributed by atoms with Crippen LogP contribution in [0.2, 0.25) is 0 Å². The number of rotatable bonds is 7. The molecule has 0 aromatic heterocycles. The summed E-state index contributed by atoms with van der Waals surface area (Å²) < 4.78 is 11.2. The summed E-state index contributed by atoms with van der Waals surface area (Å²) in [5.74, 6) is 0.705. The molecule has 3 aliphatic heterocycles. The molecular weight excluding hydrogens is 460 g/mol. The summed E-state index contributed by atoms with van der Waals surface area (Å²) in [7, 11) is 1.60. The zero-order chi connectivity index (χ0) is 25.1. The van der Waals surface area contributed by atoms with Crippen LogP contribution in [0.5, 0.6) is 5.75 Å². The third-order valence-electron chi connectivity index (χ3n) is 7.89. The van der Waals surface area contributed by atoms with Crippen molar-refractivity contribution in [3.63, 3.8) is 0 Å². The monoisotopic (exact) mass is 498 g/mol. The molecule has 1 aliphatic carbocycles. The van der Waals surface area contributed by atoms with Crippen LogP contribution >= 0.6 is 0 Å². The van der Waals surface area contributed by atoms with Crippen LogP contribution in [0.15, 0.2) is 24.3 Å². The number of ether oxygens (including phenoxy) is 2. The molecule has 0 spiro atoms. The van der Waals surface area contributed by atoms with Gasteiger partial charge in [-0.25, -0.2) is 0 Å². The highest BCUT2D eigenvalue weighted by Crippen LogP contribution is 2.35. The molecule has 3 saturated heterocycles. The maximum Gasteiger partial charge on any atom is 0.254 e. The quantitative estimate of drug-likeness (QED) is 0.613. The zero-order valence-electron chi connectivity index (χ0n) is 21.2. The highest BCUT2D eigenvalue weighted by Gasteiger charge is 2.48. The molecule has 3 atom stereocenters. The highest BCUT2D eigenvalue weighted by molar-refractivity contribution is 5.95. The third kappa shape index (κ3) is 5.52. The van der Waals surface area contributed by atoms with Crippen LogP contribution in [0.25, 0.3) is 0 Å². The van der Waals surface area contributed by atoms with Crippen molar-refractivity contribution in [2.45, 2.75) is 56.7 Å². The lowest BCUT2D eigenvalue weighted by Crippen LogP contribution is -2.49. The molecule has 9 nitrogen and oxygen atoms in total. The van der Waals surface area contributed by atoms with Crippen molar-refractivity contribution in [3.8, 4) is 5.75 Å². The lowest BCUT2D eigenvalue weighted by atomic mass is 10.1. The van der Waals surface area contributed by atoms with Crippen molar-refractivity contribution in [1.82, 2.24) is 20.0 Å². The predicted octanol–water partition coefficient (Wildman–Crippen LogP) is 1.52. The smallest absolute Gasteiger partial charge is 0.254 e. The molecule has 3 unspecified atom stereocenters. The molecule has 196 valence electrons. The van der Waals surface area contributed by atoms with Gasteiger partial charge in [0.1, 0.15) is 11.8 Å². The van der Waals surface area contributed by atoms with Crippen molar-refractivity contribution < 1.29 is 23.9 Å². The lowest BCUT2D eigenvalue weighted by molar-refractivity contribution is -0.144. The Morgan fingerprint density at radius 2 is 1.86 bits per heavy atom. The van der Waals surface area contributed by atoms with Gasteiger partial charge in [-0.3, -0.25) is 14.4 Å². The van der Waals surface area contributed by atoms with E-state index in [0.717, 1.165) is 45.2 Å². The normalized spacial score (nSPS) is 26.5. The molecule has 1 aromatic carbocycles. The van der Waals surface area contributed by atoms with E-state index in [1.54, 1.807) is 36.3 Å². The molecule has 3 amide bonds. The second kappa shape index (κ2) is 11.2. The van der Waals surface area contributed by atoms with Gasteiger partial charge in [0.25, 0.3) is 5.91 Å². The van der Waals surface area contributed by atoms with Gasteiger partial charge in [0.05, 0.1) is 19.3 Å². The predicted molar refractivity (Wildman–Crippen MR) is 134 cm³/mol. The largest absolute Gasteiger partial charge is 0.497 e. The topological polar surface area (TPSA) is 91.4 Å². The molecule has 4 fully saturated rings. The Kier molecular flexibility index (Phi) is 7.76. The summed E-state index contributed by atoms with van der Waals surface area (Å²) in [6, 6.07) is 6.38. The van der Waals surface area contributed by atoms with Gasteiger partial charge < -0.3 is 29.5 Å². The standard InChI is InChI=1S/C27H38N4O5/c1-35-22-9-7-20(8-10-22)25(32)30(18-23-4-2-15-36-23)21-16-24(31(17-21)26(33)19-5-6-19)27(34)29-13-3-11-28-12-14-29/h7-10,19,21,23-24,28H,2-6,11-18H2,1H3. The highest BCUT2D eigenvalue weighted by atomic mass is 16.5. The molecule has 9 heteroatoms. The Morgan fingerprint density at radius 3 is 2.56 bits per heavy atom. The third-order valence-corrected chi connectivity index (χ3v) is 7.89. The minimum Gasteiger partial charge on any atom is -0.497 e. The number of carbonyl (C=O) groups is 3. The van der Waals surface area contributed by atoms with Crippen molar-refractivity contribution in [2.75, 3.05) is 53.0 Å². The zero-order valence-corrected chi connectivity index (χ0v) is 21.2. The second-order valence-electron chi connectivity index (χ2n) is 10.4. The molecule has 1 N–H and O–H groups in total. The van der Waals surface area contributed by atoms with Gasteiger partial charge in [-0.2, -0.15) is 0 Å². The van der Waals surface area contributed by atoms with E-state index in [9.17, 15) is 14.4 Å². The molecule has 1 aromatic rings. The summed E-state index contributed by atoms with van der Waals surface area (Å²) >= 11 is 0. The van der Waals surface area contributed by atoms with Gasteiger partial charge in [-0.1, -0.05) is 0 Å². The van der Waals surface area contributed by atoms with Gasteiger partial charge in [0.15, 0.2) is 0 Å². The lowest BCUT2D eigenvalue weighted by Gasteiger charge is -2.31. The fourth-order valence-electron chi connectivity index (χ4n) is 5.66. The van der Waals surface area contributed by atoms with Crippen molar-refractivity contribution >= 4 is 17.7 Å². The number of amides is 3. The van der Waals surface area contributed by atoms with Gasteiger partial charge in [0, 0.05) is 50.8 Å². The number of hydrogen-bond acceptors (Lipinski definition) is 6. The van der Waals surface area contributed by atoms with E-state index in [-0.39, 0.29) is 35.8 Å². The molecule has 3 heterocycles. The fraction of sp³-hybridized carbons (Fsp3) is 0.667. The minimum atomic E-state index is -0.517. The average Bonchev–Trinajstić information content (AvgIpc) is 3.56. The summed E-state index contributed by atoms with van der Waals surface area (Å²) in [5.41, 5.74) is 0.572. The maximum absolute atomic E-state index is 13.8. The van der Waals surface area contributed by atoms with E-state index in [2.05, 4.69) is 5.32 Å². The Balaban J connectivity index is 1.39. The van der Waals surface area contributed by atoms with Crippen molar-refractivity contribution in [1.29, 1.82) is 0 Å². The summed E-state index contributed by atoms with van der Waals surface area (Å²) in [6.07, 6.45) is 5.02. The van der Waals surface area contributed by atoms with E-state index in [4.69, 9.17) is 9.47 Å². The van der Waals surface area contributed by atoms with Crippen LogP contribution in [-0.4, -0.2) is 104 Å².